The minimum atomic E-state index is -1.77. The van der Waals surface area contributed by atoms with Crippen molar-refractivity contribution in [2.75, 3.05) is 13.2 Å². The normalized spacial score (nSPS) is 43.8. The summed E-state index contributed by atoms with van der Waals surface area (Å²) in [5, 5.41) is 64.7. The fourth-order valence-electron chi connectivity index (χ4n) is 3.12. The zero-order chi connectivity index (χ0) is 21.0. The molecular weight excluding hydrogens is 384 g/mol. The molecule has 0 aliphatic carbocycles. The summed E-state index contributed by atoms with van der Waals surface area (Å²) >= 11 is 0. The molecule has 2 saturated heterocycles. The van der Waals surface area contributed by atoms with Crippen molar-refractivity contribution in [1.82, 2.24) is 5.32 Å². The van der Waals surface area contributed by atoms with Crippen molar-refractivity contribution in [2.45, 2.75) is 68.2 Å². The Kier molecular flexibility index (Phi) is 7.91. The van der Waals surface area contributed by atoms with Crippen LogP contribution in [0.2, 0.25) is 0 Å². The minimum Gasteiger partial charge on any atom is -0.394 e. The lowest BCUT2D eigenvalue weighted by Crippen LogP contribution is -2.67. The Bertz CT molecular complexity index is 588. The number of aliphatic hydroxyl groups is 6. The van der Waals surface area contributed by atoms with Crippen LogP contribution in [0.4, 0.5) is 0 Å². The molecule has 2 rings (SSSR count). The first kappa shape index (κ1) is 22.7. The van der Waals surface area contributed by atoms with Gasteiger partial charge in [-0.05, 0) is 5.53 Å². The lowest BCUT2D eigenvalue weighted by Gasteiger charge is -2.46. The number of rotatable bonds is 6. The molecule has 0 bridgehead atoms. The van der Waals surface area contributed by atoms with Crippen LogP contribution < -0.4 is 5.32 Å². The van der Waals surface area contributed by atoms with E-state index in [9.17, 15) is 35.4 Å². The second-order valence-corrected chi connectivity index (χ2v) is 6.47. The predicted octanol–water partition coefficient (Wildman–Crippen LogP) is -3.94. The number of aliphatic hydroxyl groups excluding tert-OH is 6. The fourth-order valence-corrected chi connectivity index (χ4v) is 3.12. The molecule has 0 aromatic carbocycles. The van der Waals surface area contributed by atoms with E-state index < -0.39 is 80.4 Å². The molecule has 2 fully saturated rings. The highest BCUT2D eigenvalue weighted by molar-refractivity contribution is 5.73. The van der Waals surface area contributed by atoms with Crippen LogP contribution in [-0.4, -0.2) is 111 Å². The lowest BCUT2D eigenvalue weighted by atomic mass is 9.95. The maximum Gasteiger partial charge on any atom is 0.217 e. The van der Waals surface area contributed by atoms with Crippen LogP contribution in [0.5, 0.6) is 0 Å². The predicted molar refractivity (Wildman–Crippen MR) is 87.1 cm³/mol. The Morgan fingerprint density at radius 3 is 2.21 bits per heavy atom. The Morgan fingerprint density at radius 2 is 1.68 bits per heavy atom. The number of nitrogens with one attached hydrogen (secondary N) is 1. The average molecular weight is 408 g/mol. The van der Waals surface area contributed by atoms with Gasteiger partial charge in [0.1, 0.15) is 42.7 Å². The minimum absolute atomic E-state index is 0.580. The highest BCUT2D eigenvalue weighted by atomic mass is 16.7. The number of amides is 1. The topological polar surface area (TPSA) is 227 Å². The molecule has 2 aliphatic rings. The van der Waals surface area contributed by atoms with Crippen molar-refractivity contribution in [3.05, 3.63) is 10.4 Å². The quantitative estimate of drug-likeness (QED) is 0.128. The monoisotopic (exact) mass is 408 g/mol. The first-order valence-electron chi connectivity index (χ1n) is 8.46. The van der Waals surface area contributed by atoms with E-state index in [0.29, 0.717) is 0 Å². The van der Waals surface area contributed by atoms with Gasteiger partial charge in [-0.15, -0.1) is 0 Å². The van der Waals surface area contributed by atoms with Gasteiger partial charge in [0.25, 0.3) is 0 Å². The number of hydrogen-bond acceptors (Lipinski definition) is 11. The van der Waals surface area contributed by atoms with Gasteiger partial charge in [-0.25, -0.2) is 0 Å². The molecular formula is C14H24N4O10. The molecule has 0 aromatic rings. The van der Waals surface area contributed by atoms with Gasteiger partial charge < -0.3 is 50.2 Å². The van der Waals surface area contributed by atoms with Gasteiger partial charge in [-0.2, -0.15) is 0 Å². The summed E-state index contributed by atoms with van der Waals surface area (Å²) < 4.78 is 16.1. The average Bonchev–Trinajstić information content (AvgIpc) is 2.66. The van der Waals surface area contributed by atoms with E-state index in [4.69, 9.17) is 19.7 Å². The van der Waals surface area contributed by atoms with Crippen LogP contribution in [0.1, 0.15) is 6.92 Å². The molecule has 7 N–H and O–H groups in total. The van der Waals surface area contributed by atoms with Crippen LogP contribution in [0, 0.1) is 0 Å². The molecule has 0 saturated carbocycles. The van der Waals surface area contributed by atoms with Crippen molar-refractivity contribution < 1.29 is 49.6 Å². The van der Waals surface area contributed by atoms with Gasteiger partial charge in [0.2, 0.25) is 5.91 Å². The third-order valence-electron chi connectivity index (χ3n) is 4.55. The number of azide groups is 1. The standard InChI is InChI=1S/C14H24N4O10/c1-4(21)16-7-12(9(23)6(3-20)26-13(7)17-18-15)28-14-11(25)10(24)8(22)5(2-19)27-14/h5-14,19-20,22-25H,2-3H2,1H3,(H,16,21)/t5-,6-,7-,8+,9-,10+,11-,12-,13?,14+/m1/s1. The summed E-state index contributed by atoms with van der Waals surface area (Å²) in [5.41, 5.74) is 8.72. The fraction of sp³-hybridized carbons (Fsp3) is 0.929. The number of hydrogen-bond donors (Lipinski definition) is 7. The lowest BCUT2D eigenvalue weighted by molar-refractivity contribution is -0.331. The first-order chi connectivity index (χ1) is 13.2. The van der Waals surface area contributed by atoms with Crippen molar-refractivity contribution in [3.8, 4) is 0 Å². The Hall–Kier alpha value is -1.58. The zero-order valence-electron chi connectivity index (χ0n) is 14.8. The molecule has 2 aliphatic heterocycles. The summed E-state index contributed by atoms with van der Waals surface area (Å²) in [6, 6.07) is -1.24. The van der Waals surface area contributed by atoms with E-state index in [2.05, 4.69) is 15.3 Å². The highest BCUT2D eigenvalue weighted by Crippen LogP contribution is 2.29. The number of nitrogens with zero attached hydrogens (tertiary/aromatic N) is 3. The first-order valence-corrected chi connectivity index (χ1v) is 8.46. The van der Waals surface area contributed by atoms with Crippen molar-refractivity contribution in [2.24, 2.45) is 5.11 Å². The van der Waals surface area contributed by atoms with E-state index in [1.165, 1.54) is 0 Å². The van der Waals surface area contributed by atoms with Gasteiger partial charge in [-0.1, -0.05) is 5.11 Å². The number of carbonyl (C=O) groups excluding carboxylic acids is 1. The maximum absolute atomic E-state index is 11.5. The van der Waals surface area contributed by atoms with Gasteiger partial charge in [0, 0.05) is 11.8 Å². The Labute approximate surface area is 158 Å². The summed E-state index contributed by atoms with van der Waals surface area (Å²) in [6.07, 6.45) is -13.6. The van der Waals surface area contributed by atoms with E-state index >= 15 is 0 Å². The molecule has 10 atom stereocenters. The molecule has 1 amide bonds. The number of ether oxygens (including phenoxy) is 3. The second kappa shape index (κ2) is 9.76. The van der Waals surface area contributed by atoms with Crippen molar-refractivity contribution in [3.63, 3.8) is 0 Å². The van der Waals surface area contributed by atoms with E-state index in [1.54, 1.807) is 0 Å². The summed E-state index contributed by atoms with van der Waals surface area (Å²) in [6.45, 7) is -0.223. The van der Waals surface area contributed by atoms with Crippen LogP contribution in [0.3, 0.4) is 0 Å². The van der Waals surface area contributed by atoms with E-state index in [-0.39, 0.29) is 0 Å². The van der Waals surface area contributed by atoms with Crippen molar-refractivity contribution in [1.29, 1.82) is 0 Å². The zero-order valence-corrected chi connectivity index (χ0v) is 14.8. The summed E-state index contributed by atoms with van der Waals surface area (Å²) in [5.74, 6) is -0.580. The molecule has 1 unspecified atom stereocenters. The van der Waals surface area contributed by atoms with Gasteiger partial charge in [0.15, 0.2) is 12.5 Å². The third kappa shape index (κ3) is 4.69. The molecule has 0 radical (unpaired) electrons. The van der Waals surface area contributed by atoms with Gasteiger partial charge >= 0.3 is 0 Å². The molecule has 14 heteroatoms. The molecule has 14 nitrogen and oxygen atoms in total. The van der Waals surface area contributed by atoms with Gasteiger partial charge in [0.05, 0.1) is 19.3 Å². The van der Waals surface area contributed by atoms with Crippen LogP contribution >= 0.6 is 0 Å². The van der Waals surface area contributed by atoms with Gasteiger partial charge in [-0.3, -0.25) is 4.79 Å². The van der Waals surface area contributed by atoms with Crippen LogP contribution in [0.25, 0.3) is 10.4 Å². The largest absolute Gasteiger partial charge is 0.394 e. The smallest absolute Gasteiger partial charge is 0.217 e. The summed E-state index contributed by atoms with van der Waals surface area (Å²) in [7, 11) is 0. The molecule has 28 heavy (non-hydrogen) atoms. The molecule has 160 valence electrons. The second-order valence-electron chi connectivity index (χ2n) is 6.47. The third-order valence-corrected chi connectivity index (χ3v) is 4.55. The SMILES string of the molecule is CC(=O)N[C@H]1C(N=[N+]=[N-])O[C@H](CO)[C@@H](O)[C@@H]1O[C@@H]1O[C@H](CO)[C@H](O)[C@H](O)[C@H]1O. The number of carbonyl (C=O) groups is 1. The maximum atomic E-state index is 11.5. The van der Waals surface area contributed by atoms with Crippen molar-refractivity contribution >= 4 is 5.91 Å². The van der Waals surface area contributed by atoms with Crippen LogP contribution in [0.15, 0.2) is 5.11 Å². The molecule has 2 heterocycles. The molecule has 0 aromatic heterocycles. The Morgan fingerprint density at radius 1 is 1.07 bits per heavy atom. The van der Waals surface area contributed by atoms with E-state index in [0.717, 1.165) is 6.92 Å². The Balaban J connectivity index is 2.30. The highest BCUT2D eigenvalue weighted by Gasteiger charge is 2.51. The van der Waals surface area contributed by atoms with E-state index in [1.807, 2.05) is 0 Å². The van der Waals surface area contributed by atoms with Crippen LogP contribution in [-0.2, 0) is 19.0 Å². The molecule has 0 spiro atoms. The summed E-state index contributed by atoms with van der Waals surface area (Å²) in [4.78, 5) is 14.1.